The molecular weight excluding hydrogens is 291 g/mol. The second-order valence-electron chi connectivity index (χ2n) is 2.85. The minimum Gasteiger partial charge on any atom is -0.492 e. The molecule has 17 heavy (non-hydrogen) atoms. The lowest BCUT2D eigenvalue weighted by atomic mass is 10.1. The second kappa shape index (κ2) is 8.06. The van der Waals surface area contributed by atoms with Gasteiger partial charge < -0.3 is 9.47 Å². The SMILES string of the molecule is CC.COC(=O)Cc1cc(F)c(OC)c(Br)c1. The minimum atomic E-state index is -0.509. The highest BCUT2D eigenvalue weighted by molar-refractivity contribution is 9.10. The summed E-state index contributed by atoms with van der Waals surface area (Å²) in [6, 6.07) is 2.87. The van der Waals surface area contributed by atoms with E-state index in [9.17, 15) is 9.18 Å². The number of carbonyl (C=O) groups is 1. The Kier molecular flexibility index (Phi) is 7.54. The summed E-state index contributed by atoms with van der Waals surface area (Å²) < 4.78 is 23.1. The van der Waals surface area contributed by atoms with E-state index in [-0.39, 0.29) is 12.2 Å². The summed E-state index contributed by atoms with van der Waals surface area (Å²) >= 11 is 3.15. The Morgan fingerprint density at radius 3 is 2.35 bits per heavy atom. The molecule has 3 nitrogen and oxygen atoms in total. The fraction of sp³-hybridized carbons (Fsp3) is 0.417. The smallest absolute Gasteiger partial charge is 0.309 e. The van der Waals surface area contributed by atoms with Gasteiger partial charge in [-0.3, -0.25) is 4.79 Å². The Hall–Kier alpha value is -1.10. The number of rotatable bonds is 3. The van der Waals surface area contributed by atoms with Gasteiger partial charge in [0.05, 0.1) is 25.1 Å². The zero-order valence-electron chi connectivity index (χ0n) is 10.3. The van der Waals surface area contributed by atoms with Crippen molar-refractivity contribution in [2.45, 2.75) is 20.3 Å². The van der Waals surface area contributed by atoms with Gasteiger partial charge in [0.15, 0.2) is 11.6 Å². The molecule has 0 saturated carbocycles. The molecule has 1 aromatic rings. The Bertz CT molecular complexity index is 357. The lowest BCUT2D eigenvalue weighted by molar-refractivity contribution is -0.139. The fourth-order valence-electron chi connectivity index (χ4n) is 1.15. The molecule has 0 aliphatic heterocycles. The maximum Gasteiger partial charge on any atom is 0.309 e. The highest BCUT2D eigenvalue weighted by Crippen LogP contribution is 2.29. The second-order valence-corrected chi connectivity index (χ2v) is 3.70. The van der Waals surface area contributed by atoms with Crippen LogP contribution in [0.4, 0.5) is 4.39 Å². The van der Waals surface area contributed by atoms with Crippen molar-refractivity contribution >= 4 is 21.9 Å². The summed E-state index contributed by atoms with van der Waals surface area (Å²) in [6.07, 6.45) is 0.0377. The van der Waals surface area contributed by atoms with Crippen LogP contribution in [0.1, 0.15) is 19.4 Å². The highest BCUT2D eigenvalue weighted by Gasteiger charge is 2.11. The first-order valence-electron chi connectivity index (χ1n) is 5.17. The van der Waals surface area contributed by atoms with Gasteiger partial charge in [-0.2, -0.15) is 0 Å². The summed E-state index contributed by atoms with van der Waals surface area (Å²) in [5, 5.41) is 0. The number of ether oxygens (including phenoxy) is 2. The highest BCUT2D eigenvalue weighted by atomic mass is 79.9. The van der Waals surface area contributed by atoms with E-state index in [1.54, 1.807) is 6.07 Å². The van der Waals surface area contributed by atoms with Crippen LogP contribution in [0.3, 0.4) is 0 Å². The average molecular weight is 307 g/mol. The van der Waals surface area contributed by atoms with Gasteiger partial charge in [0, 0.05) is 0 Å². The van der Waals surface area contributed by atoms with Crippen molar-refractivity contribution in [1.82, 2.24) is 0 Å². The van der Waals surface area contributed by atoms with Gasteiger partial charge in [-0.25, -0.2) is 4.39 Å². The van der Waals surface area contributed by atoms with E-state index in [0.29, 0.717) is 10.0 Å². The van der Waals surface area contributed by atoms with Crippen molar-refractivity contribution < 1.29 is 18.7 Å². The molecule has 0 aliphatic carbocycles. The van der Waals surface area contributed by atoms with E-state index >= 15 is 0 Å². The number of hydrogen-bond acceptors (Lipinski definition) is 3. The third-order valence-electron chi connectivity index (χ3n) is 1.84. The predicted molar refractivity (Wildman–Crippen MR) is 67.7 cm³/mol. The standard InChI is InChI=1S/C10H10BrFO3.C2H6/c1-14-9(13)5-6-3-7(11)10(15-2)8(12)4-6;1-2/h3-4H,5H2,1-2H3;1-2H3. The van der Waals surface area contributed by atoms with Crippen LogP contribution in [0.15, 0.2) is 16.6 Å². The van der Waals surface area contributed by atoms with Crippen molar-refractivity contribution in [3.63, 3.8) is 0 Å². The zero-order valence-corrected chi connectivity index (χ0v) is 11.9. The van der Waals surface area contributed by atoms with Crippen LogP contribution in [0, 0.1) is 5.82 Å². The van der Waals surface area contributed by atoms with Crippen LogP contribution < -0.4 is 4.74 Å². The van der Waals surface area contributed by atoms with E-state index in [4.69, 9.17) is 4.74 Å². The molecule has 0 fully saturated rings. The van der Waals surface area contributed by atoms with Crippen LogP contribution in [0.5, 0.6) is 5.75 Å². The van der Waals surface area contributed by atoms with Gasteiger partial charge in [-0.05, 0) is 33.6 Å². The maximum absolute atomic E-state index is 13.4. The molecule has 0 bridgehead atoms. The third kappa shape index (κ3) is 4.73. The van der Waals surface area contributed by atoms with Crippen LogP contribution in [0.25, 0.3) is 0 Å². The number of carbonyl (C=O) groups excluding carboxylic acids is 1. The molecule has 0 heterocycles. The van der Waals surface area contributed by atoms with Gasteiger partial charge >= 0.3 is 5.97 Å². The molecule has 5 heteroatoms. The third-order valence-corrected chi connectivity index (χ3v) is 2.43. The Balaban J connectivity index is 0.00000121. The van der Waals surface area contributed by atoms with E-state index in [1.807, 2.05) is 13.8 Å². The molecule has 1 aromatic carbocycles. The maximum atomic E-state index is 13.4. The van der Waals surface area contributed by atoms with Crippen molar-refractivity contribution in [3.05, 3.63) is 28.0 Å². The molecule has 0 amide bonds. The molecule has 0 saturated heterocycles. The lowest BCUT2D eigenvalue weighted by Crippen LogP contribution is -2.05. The molecule has 0 unspecified atom stereocenters. The quantitative estimate of drug-likeness (QED) is 0.804. The molecule has 96 valence electrons. The summed E-state index contributed by atoms with van der Waals surface area (Å²) in [6.45, 7) is 4.00. The summed E-state index contributed by atoms with van der Waals surface area (Å²) in [4.78, 5) is 11.0. The number of esters is 1. The topological polar surface area (TPSA) is 35.5 Å². The molecule has 0 atom stereocenters. The van der Waals surface area contributed by atoms with Crippen molar-refractivity contribution in [1.29, 1.82) is 0 Å². The van der Waals surface area contributed by atoms with Crippen LogP contribution in [0.2, 0.25) is 0 Å². The number of methoxy groups -OCH3 is 2. The van der Waals surface area contributed by atoms with Gasteiger partial charge in [0.1, 0.15) is 0 Å². The Labute approximate surface area is 109 Å². The van der Waals surface area contributed by atoms with Crippen LogP contribution in [-0.2, 0) is 16.0 Å². The molecule has 0 aromatic heterocycles. The van der Waals surface area contributed by atoms with E-state index in [0.717, 1.165) is 0 Å². The molecular formula is C12H16BrFO3. The Morgan fingerprint density at radius 1 is 1.35 bits per heavy atom. The summed E-state index contributed by atoms with van der Waals surface area (Å²) in [5.41, 5.74) is 0.534. The van der Waals surface area contributed by atoms with E-state index in [2.05, 4.69) is 20.7 Å². The first kappa shape index (κ1) is 15.9. The normalized spacial score (nSPS) is 9.06. The molecule has 1 rings (SSSR count). The van der Waals surface area contributed by atoms with E-state index < -0.39 is 11.8 Å². The summed E-state index contributed by atoms with van der Waals surface area (Å²) in [5.74, 6) is -0.791. The monoisotopic (exact) mass is 306 g/mol. The molecule has 0 aliphatic rings. The Morgan fingerprint density at radius 2 is 1.94 bits per heavy atom. The number of halogens is 2. The first-order valence-corrected chi connectivity index (χ1v) is 5.96. The zero-order chi connectivity index (χ0) is 13.4. The van der Waals surface area contributed by atoms with Crippen molar-refractivity contribution in [2.75, 3.05) is 14.2 Å². The van der Waals surface area contributed by atoms with Gasteiger partial charge in [0.25, 0.3) is 0 Å². The average Bonchev–Trinajstić information content (AvgIpc) is 2.31. The molecule has 0 N–H and O–H groups in total. The van der Waals surface area contributed by atoms with Gasteiger partial charge in [-0.1, -0.05) is 13.8 Å². The minimum absolute atomic E-state index is 0.0377. The predicted octanol–water partition coefficient (Wildman–Crippen LogP) is 3.34. The molecule has 0 spiro atoms. The molecule has 0 radical (unpaired) electrons. The van der Waals surface area contributed by atoms with Gasteiger partial charge in [0.2, 0.25) is 0 Å². The number of hydrogen-bond donors (Lipinski definition) is 0. The van der Waals surface area contributed by atoms with Crippen molar-refractivity contribution in [2.24, 2.45) is 0 Å². The fourth-order valence-corrected chi connectivity index (χ4v) is 1.79. The van der Waals surface area contributed by atoms with Crippen molar-refractivity contribution in [3.8, 4) is 5.75 Å². The van der Waals surface area contributed by atoms with Crippen LogP contribution in [-0.4, -0.2) is 20.2 Å². The lowest BCUT2D eigenvalue weighted by Gasteiger charge is -2.07. The largest absolute Gasteiger partial charge is 0.492 e. The number of benzene rings is 1. The van der Waals surface area contributed by atoms with Gasteiger partial charge in [-0.15, -0.1) is 0 Å². The summed E-state index contributed by atoms with van der Waals surface area (Å²) in [7, 11) is 2.67. The first-order chi connectivity index (χ1) is 8.08. The van der Waals surface area contributed by atoms with Crippen LogP contribution >= 0.6 is 15.9 Å². The van der Waals surface area contributed by atoms with E-state index in [1.165, 1.54) is 20.3 Å².